The van der Waals surface area contributed by atoms with Crippen molar-refractivity contribution in [2.24, 2.45) is 0 Å². The average Bonchev–Trinajstić information content (AvgIpc) is 3.15. The van der Waals surface area contributed by atoms with E-state index in [1.54, 1.807) is 6.07 Å². The van der Waals surface area contributed by atoms with Crippen LogP contribution in [0.15, 0.2) is 42.5 Å². The van der Waals surface area contributed by atoms with E-state index in [-0.39, 0.29) is 18.0 Å². The van der Waals surface area contributed by atoms with Gasteiger partial charge in [-0.3, -0.25) is 14.9 Å². The van der Waals surface area contributed by atoms with Gasteiger partial charge < -0.3 is 20.3 Å². The van der Waals surface area contributed by atoms with E-state index in [4.69, 9.17) is 4.74 Å². The minimum atomic E-state index is -0.459. The predicted octanol–water partition coefficient (Wildman–Crippen LogP) is 4.07. The Morgan fingerprint density at radius 1 is 1.23 bits per heavy atom. The Balaban J connectivity index is 1.64. The van der Waals surface area contributed by atoms with Gasteiger partial charge in [-0.1, -0.05) is 12.1 Å². The van der Waals surface area contributed by atoms with E-state index in [9.17, 15) is 14.9 Å². The number of carbonyl (C=O) groups excluding carboxylic acids is 1. The average molecular weight is 427 g/mol. The van der Waals surface area contributed by atoms with Crippen LogP contribution >= 0.6 is 0 Å². The zero-order chi connectivity index (χ0) is 22.2. The van der Waals surface area contributed by atoms with Gasteiger partial charge in [0.2, 0.25) is 5.91 Å². The number of carbonyl (C=O) groups is 1. The summed E-state index contributed by atoms with van der Waals surface area (Å²) in [7, 11) is 2.14. The molecule has 1 atom stereocenters. The highest BCUT2D eigenvalue weighted by molar-refractivity contribution is 5.96. The molecule has 0 aliphatic carbocycles. The summed E-state index contributed by atoms with van der Waals surface area (Å²) in [6.07, 6.45) is 3.55. The second-order valence-corrected chi connectivity index (χ2v) is 7.78. The summed E-state index contributed by atoms with van der Waals surface area (Å²) < 4.78 is 5.42. The first-order chi connectivity index (χ1) is 15.0. The molecule has 0 bridgehead atoms. The molecule has 2 aromatic rings. The number of hydrogen-bond acceptors (Lipinski definition) is 6. The Bertz CT molecular complexity index is 901. The Morgan fingerprint density at radius 3 is 2.65 bits per heavy atom. The zero-order valence-electron chi connectivity index (χ0n) is 18.1. The lowest BCUT2D eigenvalue weighted by atomic mass is 10.1. The van der Waals surface area contributed by atoms with E-state index in [0.29, 0.717) is 24.0 Å². The number of ether oxygens (including phenoxy) is 1. The Morgan fingerprint density at radius 2 is 2.00 bits per heavy atom. The van der Waals surface area contributed by atoms with Gasteiger partial charge in [-0.15, -0.1) is 0 Å². The molecule has 8 nitrogen and oxygen atoms in total. The molecule has 1 amide bonds. The highest BCUT2D eigenvalue weighted by Crippen LogP contribution is 2.28. The van der Waals surface area contributed by atoms with Crippen molar-refractivity contribution in [1.29, 1.82) is 0 Å². The van der Waals surface area contributed by atoms with Gasteiger partial charge in [-0.2, -0.15) is 0 Å². The lowest BCUT2D eigenvalue weighted by Crippen LogP contribution is -2.27. The molecule has 2 N–H and O–H groups in total. The standard InChI is InChI=1S/C23H30N4O4/c1-3-31-20-9-6-17(7-10-20)15-23(28)25-22-16-19(27(29)30)8-11-21(22)24-13-12-18-5-4-14-26(18)2/h6-11,16,18,24H,3-5,12-15H2,1-2H3,(H,25,28). The van der Waals surface area contributed by atoms with Crippen molar-refractivity contribution in [3.63, 3.8) is 0 Å². The number of nitrogens with one attached hydrogen (secondary N) is 2. The fourth-order valence-corrected chi connectivity index (χ4v) is 3.87. The van der Waals surface area contributed by atoms with E-state index >= 15 is 0 Å². The van der Waals surface area contributed by atoms with Crippen LogP contribution < -0.4 is 15.4 Å². The van der Waals surface area contributed by atoms with Gasteiger partial charge in [0.25, 0.3) is 5.69 Å². The minimum absolute atomic E-state index is 0.0579. The molecule has 2 aromatic carbocycles. The largest absolute Gasteiger partial charge is 0.494 e. The topological polar surface area (TPSA) is 96.7 Å². The van der Waals surface area contributed by atoms with E-state index in [2.05, 4.69) is 22.6 Å². The lowest BCUT2D eigenvalue weighted by molar-refractivity contribution is -0.384. The third-order valence-electron chi connectivity index (χ3n) is 5.55. The van der Waals surface area contributed by atoms with Crippen LogP contribution in [0.1, 0.15) is 31.7 Å². The normalized spacial score (nSPS) is 16.1. The fourth-order valence-electron chi connectivity index (χ4n) is 3.87. The quantitative estimate of drug-likeness (QED) is 0.439. The van der Waals surface area contributed by atoms with Gasteiger partial charge in [-0.25, -0.2) is 0 Å². The maximum atomic E-state index is 12.6. The number of benzene rings is 2. The molecule has 31 heavy (non-hydrogen) atoms. The van der Waals surface area contributed by atoms with Crippen LogP contribution in [0, 0.1) is 10.1 Å². The monoisotopic (exact) mass is 426 g/mol. The Hall–Kier alpha value is -3.13. The van der Waals surface area contributed by atoms with Gasteiger partial charge in [0, 0.05) is 24.7 Å². The molecular weight excluding hydrogens is 396 g/mol. The summed E-state index contributed by atoms with van der Waals surface area (Å²) in [6.45, 7) is 4.35. The molecular formula is C23H30N4O4. The first-order valence-corrected chi connectivity index (χ1v) is 10.7. The third kappa shape index (κ3) is 6.42. The van der Waals surface area contributed by atoms with E-state index in [1.165, 1.54) is 25.0 Å². The summed E-state index contributed by atoms with van der Waals surface area (Å²) in [4.78, 5) is 25.7. The summed E-state index contributed by atoms with van der Waals surface area (Å²) in [5.41, 5.74) is 1.89. The fraction of sp³-hybridized carbons (Fsp3) is 0.435. The van der Waals surface area contributed by atoms with Crippen LogP contribution in [0.4, 0.5) is 17.1 Å². The maximum Gasteiger partial charge on any atom is 0.271 e. The number of nitrogens with zero attached hydrogens (tertiary/aromatic N) is 2. The predicted molar refractivity (Wildman–Crippen MR) is 122 cm³/mol. The second-order valence-electron chi connectivity index (χ2n) is 7.78. The van der Waals surface area contributed by atoms with E-state index in [1.807, 2.05) is 31.2 Å². The first kappa shape index (κ1) is 22.6. The van der Waals surface area contributed by atoms with Crippen LogP contribution in [0.2, 0.25) is 0 Å². The molecule has 1 aliphatic heterocycles. The number of anilines is 2. The van der Waals surface area contributed by atoms with E-state index in [0.717, 1.165) is 30.8 Å². The lowest BCUT2D eigenvalue weighted by Gasteiger charge is -2.20. The third-order valence-corrected chi connectivity index (χ3v) is 5.55. The summed E-state index contributed by atoms with van der Waals surface area (Å²) in [5.74, 6) is 0.521. The van der Waals surface area contributed by atoms with Crippen molar-refractivity contribution in [2.45, 2.75) is 38.6 Å². The van der Waals surface area contributed by atoms with Gasteiger partial charge in [-0.05, 0) is 63.5 Å². The SMILES string of the molecule is CCOc1ccc(CC(=O)Nc2cc([N+](=O)[O-])ccc2NCCC2CCCN2C)cc1. The van der Waals surface area contributed by atoms with Crippen molar-refractivity contribution in [1.82, 2.24) is 4.90 Å². The van der Waals surface area contributed by atoms with Crippen LogP contribution in [0.5, 0.6) is 5.75 Å². The van der Waals surface area contributed by atoms with Crippen LogP contribution in [0.3, 0.4) is 0 Å². The van der Waals surface area contributed by atoms with Gasteiger partial charge in [0.05, 0.1) is 29.3 Å². The minimum Gasteiger partial charge on any atom is -0.494 e. The number of amides is 1. The second kappa shape index (κ2) is 10.8. The molecule has 0 spiro atoms. The Kier molecular flexibility index (Phi) is 7.83. The smallest absolute Gasteiger partial charge is 0.271 e. The number of nitro groups is 1. The first-order valence-electron chi connectivity index (χ1n) is 10.7. The van der Waals surface area contributed by atoms with Crippen molar-refractivity contribution < 1.29 is 14.5 Å². The molecule has 1 heterocycles. The molecule has 3 rings (SSSR count). The Labute approximate surface area is 182 Å². The molecule has 0 radical (unpaired) electrons. The molecule has 1 saturated heterocycles. The molecule has 0 aromatic heterocycles. The summed E-state index contributed by atoms with van der Waals surface area (Å²) in [6, 6.07) is 12.4. The van der Waals surface area contributed by atoms with Crippen LogP contribution in [-0.4, -0.2) is 48.5 Å². The molecule has 0 saturated carbocycles. The number of non-ortho nitro benzene ring substituents is 1. The molecule has 1 fully saturated rings. The van der Waals surface area contributed by atoms with Crippen molar-refractivity contribution in [3.8, 4) is 5.75 Å². The molecule has 1 unspecified atom stereocenters. The van der Waals surface area contributed by atoms with Crippen molar-refractivity contribution in [3.05, 3.63) is 58.1 Å². The summed E-state index contributed by atoms with van der Waals surface area (Å²) >= 11 is 0. The number of nitro benzene ring substituents is 1. The van der Waals surface area contributed by atoms with Crippen LogP contribution in [0.25, 0.3) is 0 Å². The van der Waals surface area contributed by atoms with Gasteiger partial charge >= 0.3 is 0 Å². The summed E-state index contributed by atoms with van der Waals surface area (Å²) in [5, 5.41) is 17.4. The number of hydrogen-bond donors (Lipinski definition) is 2. The van der Waals surface area contributed by atoms with Gasteiger partial charge in [0.1, 0.15) is 5.75 Å². The van der Waals surface area contributed by atoms with Gasteiger partial charge in [0.15, 0.2) is 0 Å². The van der Waals surface area contributed by atoms with Crippen molar-refractivity contribution >= 4 is 23.0 Å². The zero-order valence-corrected chi connectivity index (χ0v) is 18.1. The van der Waals surface area contributed by atoms with Crippen LogP contribution in [-0.2, 0) is 11.2 Å². The molecule has 166 valence electrons. The molecule has 8 heteroatoms. The molecule has 1 aliphatic rings. The number of rotatable bonds is 10. The highest BCUT2D eigenvalue weighted by Gasteiger charge is 2.20. The van der Waals surface area contributed by atoms with E-state index < -0.39 is 4.92 Å². The highest BCUT2D eigenvalue weighted by atomic mass is 16.6. The maximum absolute atomic E-state index is 12.6. The number of likely N-dealkylation sites (tertiary alicyclic amines) is 1. The van der Waals surface area contributed by atoms with Crippen molar-refractivity contribution in [2.75, 3.05) is 37.4 Å².